The molecule has 1 N–H and O–H groups in total. The molecule has 4 aliphatic rings. The van der Waals surface area contributed by atoms with Gasteiger partial charge in [0.15, 0.2) is 0 Å². The van der Waals surface area contributed by atoms with Crippen LogP contribution in [0.15, 0.2) is 35.5 Å². The maximum atomic E-state index is 10.2. The lowest BCUT2D eigenvalue weighted by molar-refractivity contribution is -0.0176. The minimum Gasteiger partial charge on any atom is -0.388 e. The predicted octanol–water partition coefficient (Wildman–Crippen LogP) is 5.51. The van der Waals surface area contributed by atoms with Gasteiger partial charge < -0.3 is 9.84 Å². The molecule has 3 aliphatic carbocycles. The molecule has 0 aromatic carbocycles. The first-order valence-electron chi connectivity index (χ1n) is 12.4. The Hall–Kier alpha value is -0.900. The van der Waals surface area contributed by atoms with Gasteiger partial charge in [-0.3, -0.25) is 4.90 Å². The highest BCUT2D eigenvalue weighted by Gasteiger charge is 2.50. The molecule has 0 spiro atoms. The third kappa shape index (κ3) is 4.49. The van der Waals surface area contributed by atoms with Gasteiger partial charge in [0.2, 0.25) is 0 Å². The van der Waals surface area contributed by atoms with Gasteiger partial charge in [0.25, 0.3) is 0 Å². The summed E-state index contributed by atoms with van der Waals surface area (Å²) >= 11 is 0. The summed E-state index contributed by atoms with van der Waals surface area (Å²) in [5.74, 6) is 2.33. The molecule has 4 fully saturated rings. The van der Waals surface area contributed by atoms with E-state index in [4.69, 9.17) is 4.74 Å². The van der Waals surface area contributed by atoms with E-state index < -0.39 is 0 Å². The molecule has 0 aromatic heterocycles. The number of nitrogens with zero attached hydrogens (tertiary/aromatic N) is 1. The van der Waals surface area contributed by atoms with Gasteiger partial charge in [-0.1, -0.05) is 43.7 Å². The number of aliphatic hydroxyl groups excluding tert-OH is 1. The molecule has 0 bridgehead atoms. The minimum absolute atomic E-state index is 0.334. The predicted molar refractivity (Wildman–Crippen MR) is 124 cm³/mol. The normalized spacial score (nSPS) is 41.9. The van der Waals surface area contributed by atoms with Crippen molar-refractivity contribution >= 4 is 0 Å². The second kappa shape index (κ2) is 9.30. The Morgan fingerprint density at radius 2 is 2.10 bits per heavy atom. The first-order valence-corrected chi connectivity index (χ1v) is 12.4. The Kier molecular flexibility index (Phi) is 6.91. The monoisotopic (exact) mass is 413 g/mol. The second-order valence-electron chi connectivity index (χ2n) is 10.9. The maximum absolute atomic E-state index is 10.2. The molecular weight excluding hydrogens is 370 g/mol. The van der Waals surface area contributed by atoms with E-state index in [2.05, 4.69) is 44.4 Å². The van der Waals surface area contributed by atoms with Gasteiger partial charge in [0.05, 0.1) is 19.3 Å². The van der Waals surface area contributed by atoms with Crippen molar-refractivity contribution in [3.8, 4) is 0 Å². The van der Waals surface area contributed by atoms with Crippen LogP contribution in [0, 0.1) is 23.2 Å². The number of ether oxygens (including phenoxy) is 1. The molecule has 0 aromatic rings. The van der Waals surface area contributed by atoms with Gasteiger partial charge in [0.1, 0.15) is 0 Å². The highest BCUT2D eigenvalue weighted by molar-refractivity contribution is 5.28. The lowest BCUT2D eigenvalue weighted by Crippen LogP contribution is -2.47. The van der Waals surface area contributed by atoms with Crippen LogP contribution >= 0.6 is 0 Å². The molecule has 3 heteroatoms. The third-order valence-electron chi connectivity index (χ3n) is 8.98. The summed E-state index contributed by atoms with van der Waals surface area (Å²) in [7, 11) is 0. The lowest BCUT2D eigenvalue weighted by atomic mass is 9.61. The average Bonchev–Trinajstić information content (AvgIpc) is 3.08. The van der Waals surface area contributed by atoms with Crippen molar-refractivity contribution in [1.29, 1.82) is 0 Å². The number of aliphatic hydroxyl groups is 1. The number of fused-ring (bicyclic) bond motifs is 1. The smallest absolute Gasteiger partial charge is 0.0784 e. The molecule has 4 rings (SSSR count). The minimum atomic E-state index is -0.334. The van der Waals surface area contributed by atoms with E-state index in [9.17, 15) is 5.11 Å². The van der Waals surface area contributed by atoms with Gasteiger partial charge in [-0.15, -0.1) is 0 Å². The summed E-state index contributed by atoms with van der Waals surface area (Å²) in [6.07, 6.45) is 14.0. The summed E-state index contributed by atoms with van der Waals surface area (Å²) in [5.41, 5.74) is 4.55. The van der Waals surface area contributed by atoms with Crippen LogP contribution in [0.4, 0.5) is 0 Å². The first kappa shape index (κ1) is 22.3. The van der Waals surface area contributed by atoms with Crippen LogP contribution in [-0.4, -0.2) is 48.5 Å². The Bertz CT molecular complexity index is 695. The van der Waals surface area contributed by atoms with Crippen molar-refractivity contribution in [3.05, 3.63) is 35.5 Å². The zero-order chi connectivity index (χ0) is 21.3. The highest BCUT2D eigenvalue weighted by Crippen LogP contribution is 2.59. The fourth-order valence-corrected chi connectivity index (χ4v) is 7.10. The van der Waals surface area contributed by atoms with Crippen molar-refractivity contribution in [2.45, 2.75) is 84.3 Å². The molecule has 30 heavy (non-hydrogen) atoms. The third-order valence-corrected chi connectivity index (χ3v) is 8.98. The Labute approximate surface area is 184 Å². The average molecular weight is 414 g/mol. The van der Waals surface area contributed by atoms with Crippen LogP contribution in [0.3, 0.4) is 0 Å². The van der Waals surface area contributed by atoms with Gasteiger partial charge in [0, 0.05) is 19.1 Å². The van der Waals surface area contributed by atoms with Gasteiger partial charge in [-0.2, -0.15) is 0 Å². The summed E-state index contributed by atoms with van der Waals surface area (Å²) in [6.45, 7) is 15.5. The summed E-state index contributed by atoms with van der Waals surface area (Å²) in [4.78, 5) is 2.66. The zero-order valence-electron chi connectivity index (χ0n) is 19.5. The second-order valence-corrected chi connectivity index (χ2v) is 10.9. The van der Waals surface area contributed by atoms with Crippen molar-refractivity contribution in [2.75, 3.05) is 26.3 Å². The summed E-state index contributed by atoms with van der Waals surface area (Å²) < 4.78 is 5.65. The van der Waals surface area contributed by atoms with Crippen molar-refractivity contribution in [3.63, 3.8) is 0 Å². The lowest BCUT2D eigenvalue weighted by Gasteiger charge is -2.46. The fourth-order valence-electron chi connectivity index (χ4n) is 7.10. The van der Waals surface area contributed by atoms with Gasteiger partial charge >= 0.3 is 0 Å². The van der Waals surface area contributed by atoms with E-state index in [1.165, 1.54) is 44.2 Å². The van der Waals surface area contributed by atoms with Crippen LogP contribution in [0.1, 0.15) is 72.1 Å². The van der Waals surface area contributed by atoms with Crippen molar-refractivity contribution < 1.29 is 9.84 Å². The van der Waals surface area contributed by atoms with Crippen molar-refractivity contribution in [1.82, 2.24) is 4.90 Å². The molecule has 1 aliphatic heterocycles. The van der Waals surface area contributed by atoms with E-state index in [0.717, 1.165) is 62.3 Å². The molecule has 6 atom stereocenters. The van der Waals surface area contributed by atoms with Crippen LogP contribution in [0.25, 0.3) is 0 Å². The summed E-state index contributed by atoms with van der Waals surface area (Å²) in [5, 5.41) is 10.2. The maximum Gasteiger partial charge on any atom is 0.0784 e. The number of hydrogen-bond donors (Lipinski definition) is 1. The van der Waals surface area contributed by atoms with E-state index >= 15 is 0 Å². The Balaban J connectivity index is 1.44. The molecular formula is C27H43NO2. The van der Waals surface area contributed by atoms with Crippen LogP contribution in [0.5, 0.6) is 0 Å². The standard InChI is InChI=1S/C27H43NO2/c1-19-7-8-22(16-26(19)29)9-10-23-6-5-13-27(4)24(11-12-25(23)27)20(2)17-28-14-15-30-18-21(28)3/h9-10,20-21,24-26,29H,1,5-8,11-18H2,2-4H3/b22-9-,23-10+/t20-,21+,24?,25?,26-,27?/m1/s1. The molecule has 1 saturated heterocycles. The fraction of sp³-hybridized carbons (Fsp3) is 0.778. The number of allylic oxidation sites excluding steroid dienone is 3. The van der Waals surface area contributed by atoms with E-state index in [-0.39, 0.29) is 6.10 Å². The van der Waals surface area contributed by atoms with Gasteiger partial charge in [-0.25, -0.2) is 0 Å². The molecule has 0 radical (unpaired) electrons. The Morgan fingerprint density at radius 1 is 1.27 bits per heavy atom. The molecule has 3 saturated carbocycles. The topological polar surface area (TPSA) is 32.7 Å². The highest BCUT2D eigenvalue weighted by atomic mass is 16.5. The number of rotatable bonds is 4. The van der Waals surface area contributed by atoms with Crippen LogP contribution in [0.2, 0.25) is 0 Å². The SMILES string of the molecule is C=C1CC/C(=C/C=C2\CCCC3(C)C2CCC3[C@H](C)CN2CCOC[C@@H]2C)C[C@H]1O. The molecule has 3 unspecified atom stereocenters. The molecule has 1 heterocycles. The van der Waals surface area contributed by atoms with Crippen LogP contribution in [-0.2, 0) is 4.74 Å². The largest absolute Gasteiger partial charge is 0.388 e. The number of hydrogen-bond acceptors (Lipinski definition) is 3. The van der Waals surface area contributed by atoms with Gasteiger partial charge in [-0.05, 0) is 87.0 Å². The first-order chi connectivity index (χ1) is 14.4. The van der Waals surface area contributed by atoms with Crippen molar-refractivity contribution in [2.24, 2.45) is 23.2 Å². The van der Waals surface area contributed by atoms with E-state index in [0.29, 0.717) is 11.5 Å². The van der Waals surface area contributed by atoms with E-state index in [1.54, 1.807) is 5.57 Å². The molecule has 168 valence electrons. The zero-order valence-corrected chi connectivity index (χ0v) is 19.5. The molecule has 0 amide bonds. The Morgan fingerprint density at radius 3 is 2.87 bits per heavy atom. The van der Waals surface area contributed by atoms with Crippen LogP contribution < -0.4 is 0 Å². The quantitative estimate of drug-likeness (QED) is 0.617. The van der Waals surface area contributed by atoms with E-state index in [1.807, 2.05) is 0 Å². The number of morpholine rings is 1. The molecule has 3 nitrogen and oxygen atoms in total. The summed E-state index contributed by atoms with van der Waals surface area (Å²) in [6, 6.07) is 0.557.